The summed E-state index contributed by atoms with van der Waals surface area (Å²) in [4.78, 5) is 11.1. The van der Waals surface area contributed by atoms with E-state index in [1.165, 1.54) is 19.1 Å². The summed E-state index contributed by atoms with van der Waals surface area (Å²) in [5.74, 6) is 2.15. The van der Waals surface area contributed by atoms with E-state index in [0.717, 1.165) is 25.2 Å². The second kappa shape index (κ2) is 4.46. The molecule has 92 valence electrons. The number of carbonyl (C=O) groups excluding carboxylic acids is 1. The molecule has 16 heavy (non-hydrogen) atoms. The topological polar surface area (TPSA) is 52.3 Å². The average Bonchev–Trinajstić information content (AvgIpc) is 2.26. The molecule has 0 heterocycles. The number of hydrogen-bond acceptors (Lipinski definition) is 3. The van der Waals surface area contributed by atoms with Gasteiger partial charge in [-0.1, -0.05) is 0 Å². The Kier molecular flexibility index (Phi) is 3.36. The number of carbonyl (C=O) groups is 1. The highest BCUT2D eigenvalue weighted by molar-refractivity contribution is 5.60. The summed E-state index contributed by atoms with van der Waals surface area (Å²) in [5, 5.41) is 0. The molecule has 4 rings (SSSR count). The molecule has 4 bridgehead atoms. The maximum absolute atomic E-state index is 11.1. The second-order valence-electron chi connectivity index (χ2n) is 5.94. The largest absolute Gasteiger partial charge is 0.388 e. The van der Waals surface area contributed by atoms with Gasteiger partial charge in [0.1, 0.15) is 6.29 Å². The van der Waals surface area contributed by atoms with Gasteiger partial charge in [0.25, 0.3) is 0 Å². The summed E-state index contributed by atoms with van der Waals surface area (Å²) < 4.78 is 4.25. The van der Waals surface area contributed by atoms with Gasteiger partial charge in [-0.3, -0.25) is 0 Å². The highest BCUT2D eigenvalue weighted by Gasteiger charge is 2.54. The molecule has 4 aliphatic carbocycles. The molecule has 0 saturated heterocycles. The Bertz CT molecular complexity index is 251. The first-order valence-electron chi connectivity index (χ1n) is 6.26. The van der Waals surface area contributed by atoms with Crippen molar-refractivity contribution in [1.29, 1.82) is 0 Å². The Morgan fingerprint density at radius 3 is 2.12 bits per heavy atom. The third-order valence-corrected chi connectivity index (χ3v) is 4.64. The van der Waals surface area contributed by atoms with Crippen LogP contribution in [0.25, 0.3) is 0 Å². The first-order valence-corrected chi connectivity index (χ1v) is 6.26. The van der Waals surface area contributed by atoms with Gasteiger partial charge in [-0.15, -0.1) is 0 Å². The van der Waals surface area contributed by atoms with Crippen molar-refractivity contribution in [2.24, 2.45) is 28.9 Å². The lowest BCUT2D eigenvalue weighted by atomic mass is 9.48. The van der Waals surface area contributed by atoms with Gasteiger partial charge in [0.15, 0.2) is 0 Å². The van der Waals surface area contributed by atoms with Crippen LogP contribution in [0.1, 0.15) is 32.1 Å². The Hall–Kier alpha value is -0.410. The van der Waals surface area contributed by atoms with Crippen LogP contribution in [0.15, 0.2) is 0 Å². The van der Waals surface area contributed by atoms with E-state index in [0.29, 0.717) is 17.9 Å². The molecule has 4 aliphatic rings. The van der Waals surface area contributed by atoms with E-state index in [1.807, 2.05) is 0 Å². The lowest BCUT2D eigenvalue weighted by Gasteiger charge is -2.57. The monoisotopic (exact) mass is 225 g/mol. The molecule has 0 aromatic heterocycles. The van der Waals surface area contributed by atoms with Gasteiger partial charge in [0, 0.05) is 25.7 Å². The summed E-state index contributed by atoms with van der Waals surface area (Å²) in [7, 11) is 3.25. The fourth-order valence-corrected chi connectivity index (χ4v) is 4.27. The lowest BCUT2D eigenvalue weighted by Crippen LogP contribution is -2.57. The molecule has 2 N–H and O–H groups in total. The Labute approximate surface area is 97.7 Å². The molecular weight excluding hydrogens is 202 g/mol. The van der Waals surface area contributed by atoms with E-state index < -0.39 is 0 Å². The molecule has 0 aromatic rings. The summed E-state index contributed by atoms with van der Waals surface area (Å²) in [6.07, 6.45) is 7.18. The summed E-state index contributed by atoms with van der Waals surface area (Å²) in [6.45, 7) is 0. The Balaban J connectivity index is 0.000000292. The van der Waals surface area contributed by atoms with Gasteiger partial charge < -0.3 is 15.3 Å². The van der Waals surface area contributed by atoms with E-state index in [4.69, 9.17) is 5.73 Å². The minimum Gasteiger partial charge on any atom is -0.388 e. The van der Waals surface area contributed by atoms with Gasteiger partial charge in [0.2, 0.25) is 0 Å². The highest BCUT2D eigenvalue weighted by Crippen LogP contribution is 2.58. The van der Waals surface area contributed by atoms with Crippen molar-refractivity contribution in [1.82, 2.24) is 0 Å². The zero-order valence-electron chi connectivity index (χ0n) is 10.3. The third kappa shape index (κ3) is 1.91. The number of nitrogens with two attached hydrogens (primary N) is 1. The quantitative estimate of drug-likeness (QED) is 0.690. The van der Waals surface area contributed by atoms with E-state index in [9.17, 15) is 4.79 Å². The van der Waals surface area contributed by atoms with E-state index in [1.54, 1.807) is 14.2 Å². The van der Waals surface area contributed by atoms with Gasteiger partial charge in [0.05, 0.1) is 0 Å². The third-order valence-electron chi connectivity index (χ3n) is 4.64. The second-order valence-corrected chi connectivity index (χ2v) is 5.94. The zero-order valence-corrected chi connectivity index (χ0v) is 10.3. The van der Waals surface area contributed by atoms with E-state index in [-0.39, 0.29) is 5.41 Å². The molecule has 3 nitrogen and oxygen atoms in total. The standard InChI is InChI=1S/C11H17NO.C2H6O/c12-10-8-1-7-2-9(10)5-11(3-7,4-8)6-13;1-3-2/h6-10H,1-5,12H2;1-2H3. The summed E-state index contributed by atoms with van der Waals surface area (Å²) in [5.41, 5.74) is 6.23. The predicted octanol–water partition coefficient (Wildman–Crippen LogP) is 1.60. The summed E-state index contributed by atoms with van der Waals surface area (Å²) >= 11 is 0. The van der Waals surface area contributed by atoms with Crippen LogP contribution >= 0.6 is 0 Å². The van der Waals surface area contributed by atoms with Crippen molar-refractivity contribution in [3.63, 3.8) is 0 Å². The maximum atomic E-state index is 11.1. The van der Waals surface area contributed by atoms with Crippen LogP contribution in [0.2, 0.25) is 0 Å². The van der Waals surface area contributed by atoms with Gasteiger partial charge in [-0.05, 0) is 49.9 Å². The Morgan fingerprint density at radius 1 is 1.19 bits per heavy atom. The van der Waals surface area contributed by atoms with Crippen LogP contribution in [0, 0.1) is 23.2 Å². The Morgan fingerprint density at radius 2 is 1.69 bits per heavy atom. The normalized spacial score (nSPS) is 48.4. The predicted molar refractivity (Wildman–Crippen MR) is 63.0 cm³/mol. The minimum atomic E-state index is 0.0619. The van der Waals surface area contributed by atoms with Crippen molar-refractivity contribution in [3.8, 4) is 0 Å². The fraction of sp³-hybridized carbons (Fsp3) is 0.923. The first-order chi connectivity index (χ1) is 7.64. The first kappa shape index (κ1) is 12.1. The SMILES string of the molecule is COC.NC1C2CC3CC1CC(C=O)(C3)C2. The molecule has 0 spiro atoms. The van der Waals surface area contributed by atoms with E-state index >= 15 is 0 Å². The van der Waals surface area contributed by atoms with Crippen LogP contribution in [-0.4, -0.2) is 26.5 Å². The smallest absolute Gasteiger partial charge is 0.126 e. The zero-order chi connectivity index (χ0) is 11.8. The van der Waals surface area contributed by atoms with Crippen molar-refractivity contribution >= 4 is 6.29 Å². The van der Waals surface area contributed by atoms with Crippen molar-refractivity contribution in [2.75, 3.05) is 14.2 Å². The molecule has 0 aromatic carbocycles. The number of ether oxygens (including phenoxy) is 1. The van der Waals surface area contributed by atoms with Crippen LogP contribution in [0.4, 0.5) is 0 Å². The fourth-order valence-electron chi connectivity index (χ4n) is 4.27. The molecule has 0 aliphatic heterocycles. The van der Waals surface area contributed by atoms with Crippen molar-refractivity contribution in [2.45, 2.75) is 38.1 Å². The van der Waals surface area contributed by atoms with E-state index in [2.05, 4.69) is 4.74 Å². The molecule has 4 saturated carbocycles. The lowest BCUT2D eigenvalue weighted by molar-refractivity contribution is -0.132. The average molecular weight is 225 g/mol. The molecule has 4 fully saturated rings. The van der Waals surface area contributed by atoms with Crippen molar-refractivity contribution < 1.29 is 9.53 Å². The summed E-state index contributed by atoms with van der Waals surface area (Å²) in [6, 6.07) is 0.407. The molecule has 2 unspecified atom stereocenters. The van der Waals surface area contributed by atoms with Crippen LogP contribution in [0.3, 0.4) is 0 Å². The minimum absolute atomic E-state index is 0.0619. The van der Waals surface area contributed by atoms with Crippen LogP contribution in [-0.2, 0) is 9.53 Å². The number of rotatable bonds is 1. The molecule has 3 heteroatoms. The number of methoxy groups -OCH3 is 1. The molecule has 0 amide bonds. The number of hydrogen-bond donors (Lipinski definition) is 1. The van der Waals surface area contributed by atoms with Gasteiger partial charge in [-0.2, -0.15) is 0 Å². The number of aldehydes is 1. The van der Waals surface area contributed by atoms with Gasteiger partial charge in [-0.25, -0.2) is 0 Å². The van der Waals surface area contributed by atoms with Crippen molar-refractivity contribution in [3.05, 3.63) is 0 Å². The van der Waals surface area contributed by atoms with Gasteiger partial charge >= 0.3 is 0 Å². The van der Waals surface area contributed by atoms with Crippen LogP contribution in [0.5, 0.6) is 0 Å². The van der Waals surface area contributed by atoms with Crippen LogP contribution < -0.4 is 5.73 Å². The maximum Gasteiger partial charge on any atom is 0.126 e. The highest BCUT2D eigenvalue weighted by atomic mass is 16.4. The molecular formula is C13H23NO2. The molecule has 2 atom stereocenters. The molecule has 0 radical (unpaired) electrons.